The molecule has 6 heteroatoms. The van der Waals surface area contributed by atoms with E-state index in [0.717, 1.165) is 0 Å². The molecular formula is C10H17N3O3. The highest BCUT2D eigenvalue weighted by Crippen LogP contribution is 2.09. The highest BCUT2D eigenvalue weighted by molar-refractivity contribution is 6.35. The number of piperazine rings is 1. The molecule has 1 fully saturated rings. The zero-order valence-electron chi connectivity index (χ0n) is 9.60. The molecule has 0 radical (unpaired) electrons. The molecule has 0 spiro atoms. The Balaban J connectivity index is 2.58. The van der Waals surface area contributed by atoms with Gasteiger partial charge < -0.3 is 15.5 Å². The molecule has 6 nitrogen and oxygen atoms in total. The molecule has 0 unspecified atom stereocenters. The minimum atomic E-state index is -0.541. The van der Waals surface area contributed by atoms with Gasteiger partial charge in [0.05, 0.1) is 0 Å². The summed E-state index contributed by atoms with van der Waals surface area (Å²) in [5, 5.41) is 0. The van der Waals surface area contributed by atoms with Crippen LogP contribution in [0, 0.1) is 0 Å². The average Bonchev–Trinajstić information content (AvgIpc) is 2.19. The van der Waals surface area contributed by atoms with E-state index in [9.17, 15) is 14.4 Å². The third-order valence-electron chi connectivity index (χ3n) is 2.59. The maximum Gasteiger partial charge on any atom is 0.312 e. The van der Waals surface area contributed by atoms with Crippen LogP contribution in [0.5, 0.6) is 0 Å². The monoisotopic (exact) mass is 227 g/mol. The van der Waals surface area contributed by atoms with E-state index < -0.39 is 17.7 Å². The predicted molar refractivity (Wildman–Crippen MR) is 57.2 cm³/mol. The summed E-state index contributed by atoms with van der Waals surface area (Å²) in [6.07, 6.45) is 0.0979. The number of primary amides is 1. The Hall–Kier alpha value is -1.59. The average molecular weight is 227 g/mol. The van der Waals surface area contributed by atoms with Gasteiger partial charge in [-0.15, -0.1) is 0 Å². The summed E-state index contributed by atoms with van der Waals surface area (Å²) in [6, 6.07) is 0.0229. The van der Waals surface area contributed by atoms with Crippen LogP contribution in [0.4, 0.5) is 0 Å². The maximum absolute atomic E-state index is 11.6. The molecule has 3 amide bonds. The van der Waals surface area contributed by atoms with Gasteiger partial charge in [-0.2, -0.15) is 0 Å². The SMILES string of the molecule is CC(C)N1CCN(CCC(N)=O)C(=O)C1=O. The molecule has 16 heavy (non-hydrogen) atoms. The predicted octanol–water partition coefficient (Wildman–Crippen LogP) is -1.06. The fourth-order valence-corrected chi connectivity index (χ4v) is 1.64. The fourth-order valence-electron chi connectivity index (χ4n) is 1.64. The second-order valence-electron chi connectivity index (χ2n) is 4.10. The van der Waals surface area contributed by atoms with Gasteiger partial charge in [-0.1, -0.05) is 0 Å². The van der Waals surface area contributed by atoms with Gasteiger partial charge in [0.25, 0.3) is 0 Å². The highest BCUT2D eigenvalue weighted by Gasteiger charge is 2.33. The van der Waals surface area contributed by atoms with E-state index in [1.165, 1.54) is 9.80 Å². The summed E-state index contributed by atoms with van der Waals surface area (Å²) in [6.45, 7) is 4.94. The number of nitrogens with two attached hydrogens (primary N) is 1. The van der Waals surface area contributed by atoms with Gasteiger partial charge in [-0.25, -0.2) is 0 Å². The summed E-state index contributed by atoms with van der Waals surface area (Å²) in [5.74, 6) is -1.50. The zero-order valence-corrected chi connectivity index (χ0v) is 9.60. The van der Waals surface area contributed by atoms with Crippen LogP contribution < -0.4 is 5.73 Å². The number of amides is 3. The summed E-state index contributed by atoms with van der Waals surface area (Å²) in [5.41, 5.74) is 4.99. The third-order valence-corrected chi connectivity index (χ3v) is 2.59. The van der Waals surface area contributed by atoms with Gasteiger partial charge in [0.1, 0.15) is 0 Å². The molecule has 1 saturated heterocycles. The van der Waals surface area contributed by atoms with Crippen molar-refractivity contribution < 1.29 is 14.4 Å². The lowest BCUT2D eigenvalue weighted by Crippen LogP contribution is -2.56. The number of carbonyl (C=O) groups is 3. The van der Waals surface area contributed by atoms with Crippen molar-refractivity contribution in [3.8, 4) is 0 Å². The lowest BCUT2D eigenvalue weighted by Gasteiger charge is -2.35. The molecule has 0 aromatic carbocycles. The molecule has 1 aliphatic heterocycles. The van der Waals surface area contributed by atoms with E-state index >= 15 is 0 Å². The van der Waals surface area contributed by atoms with Gasteiger partial charge in [0.2, 0.25) is 5.91 Å². The summed E-state index contributed by atoms with van der Waals surface area (Å²) >= 11 is 0. The van der Waals surface area contributed by atoms with E-state index in [0.29, 0.717) is 13.1 Å². The Labute approximate surface area is 94.4 Å². The molecule has 0 atom stereocenters. The van der Waals surface area contributed by atoms with E-state index in [4.69, 9.17) is 5.73 Å². The molecule has 1 aliphatic rings. The van der Waals surface area contributed by atoms with Crippen LogP contribution in [0.15, 0.2) is 0 Å². The van der Waals surface area contributed by atoms with Crippen molar-refractivity contribution in [1.29, 1.82) is 0 Å². The van der Waals surface area contributed by atoms with E-state index in [1.807, 2.05) is 13.8 Å². The number of carbonyl (C=O) groups excluding carboxylic acids is 3. The third kappa shape index (κ3) is 2.71. The van der Waals surface area contributed by atoms with Crippen molar-refractivity contribution in [2.45, 2.75) is 26.3 Å². The van der Waals surface area contributed by atoms with Gasteiger partial charge in [-0.3, -0.25) is 14.4 Å². The van der Waals surface area contributed by atoms with Crippen LogP contribution in [-0.4, -0.2) is 53.2 Å². The Morgan fingerprint density at radius 3 is 2.44 bits per heavy atom. The molecule has 0 bridgehead atoms. The van der Waals surface area contributed by atoms with Crippen molar-refractivity contribution in [3.05, 3.63) is 0 Å². The van der Waals surface area contributed by atoms with Gasteiger partial charge in [-0.05, 0) is 13.8 Å². The quantitative estimate of drug-likeness (QED) is 0.621. The molecule has 90 valence electrons. The number of rotatable bonds is 4. The summed E-state index contributed by atoms with van der Waals surface area (Å²) in [7, 11) is 0. The summed E-state index contributed by atoms with van der Waals surface area (Å²) < 4.78 is 0. The van der Waals surface area contributed by atoms with Crippen LogP contribution in [0.2, 0.25) is 0 Å². The van der Waals surface area contributed by atoms with Crippen LogP contribution in [-0.2, 0) is 14.4 Å². The van der Waals surface area contributed by atoms with E-state index in [-0.39, 0.29) is 19.0 Å². The van der Waals surface area contributed by atoms with Crippen molar-refractivity contribution in [2.75, 3.05) is 19.6 Å². The molecule has 0 aliphatic carbocycles. The lowest BCUT2D eigenvalue weighted by atomic mass is 10.2. The first-order valence-corrected chi connectivity index (χ1v) is 5.31. The van der Waals surface area contributed by atoms with Crippen LogP contribution in [0.25, 0.3) is 0 Å². The molecule has 2 N–H and O–H groups in total. The molecule has 0 aromatic heterocycles. The first-order chi connectivity index (χ1) is 7.43. The first kappa shape index (κ1) is 12.5. The number of nitrogens with zero attached hydrogens (tertiary/aromatic N) is 2. The van der Waals surface area contributed by atoms with Crippen LogP contribution >= 0.6 is 0 Å². The van der Waals surface area contributed by atoms with Crippen molar-refractivity contribution in [1.82, 2.24) is 9.80 Å². The molecule has 1 heterocycles. The molecule has 0 saturated carbocycles. The second kappa shape index (κ2) is 4.96. The van der Waals surface area contributed by atoms with Crippen molar-refractivity contribution in [3.63, 3.8) is 0 Å². The number of hydrogen-bond donors (Lipinski definition) is 1. The van der Waals surface area contributed by atoms with Crippen LogP contribution in [0.3, 0.4) is 0 Å². The van der Waals surface area contributed by atoms with Gasteiger partial charge >= 0.3 is 11.8 Å². The lowest BCUT2D eigenvalue weighted by molar-refractivity contribution is -0.157. The Kier molecular flexibility index (Phi) is 3.87. The second-order valence-corrected chi connectivity index (χ2v) is 4.10. The van der Waals surface area contributed by atoms with E-state index in [1.54, 1.807) is 0 Å². The minimum Gasteiger partial charge on any atom is -0.370 e. The van der Waals surface area contributed by atoms with Crippen molar-refractivity contribution >= 4 is 17.7 Å². The Morgan fingerprint density at radius 2 is 1.94 bits per heavy atom. The molecule has 1 rings (SSSR count). The topological polar surface area (TPSA) is 83.7 Å². The van der Waals surface area contributed by atoms with Gasteiger partial charge in [0.15, 0.2) is 0 Å². The zero-order chi connectivity index (χ0) is 12.3. The van der Waals surface area contributed by atoms with Crippen molar-refractivity contribution in [2.24, 2.45) is 5.73 Å². The molecule has 0 aromatic rings. The Bertz CT molecular complexity index is 314. The Morgan fingerprint density at radius 1 is 1.31 bits per heavy atom. The highest BCUT2D eigenvalue weighted by atomic mass is 16.2. The number of hydrogen-bond acceptors (Lipinski definition) is 3. The standard InChI is InChI=1S/C10H17N3O3/c1-7(2)13-6-5-12(4-3-8(11)14)9(15)10(13)16/h7H,3-6H2,1-2H3,(H2,11,14). The summed E-state index contributed by atoms with van der Waals surface area (Å²) in [4.78, 5) is 36.8. The first-order valence-electron chi connectivity index (χ1n) is 5.31. The van der Waals surface area contributed by atoms with Crippen LogP contribution in [0.1, 0.15) is 20.3 Å². The minimum absolute atomic E-state index is 0.0229. The van der Waals surface area contributed by atoms with Gasteiger partial charge in [0, 0.05) is 32.1 Å². The maximum atomic E-state index is 11.6. The smallest absolute Gasteiger partial charge is 0.312 e. The molecular weight excluding hydrogens is 210 g/mol. The van der Waals surface area contributed by atoms with E-state index in [2.05, 4.69) is 0 Å². The largest absolute Gasteiger partial charge is 0.370 e. The fraction of sp³-hybridized carbons (Fsp3) is 0.700. The normalized spacial score (nSPS) is 17.2.